The van der Waals surface area contributed by atoms with Crippen molar-refractivity contribution in [2.24, 2.45) is 11.7 Å². The van der Waals surface area contributed by atoms with E-state index in [0.717, 1.165) is 12.8 Å². The van der Waals surface area contributed by atoms with Gasteiger partial charge < -0.3 is 20.7 Å². The highest BCUT2D eigenvalue weighted by atomic mass is 16.5. The SMILES string of the molecule is CC(=O)c1ccc(OCCCC(=O)N2CCCC(C(=O)NCCN)C2)cc1. The summed E-state index contributed by atoms with van der Waals surface area (Å²) in [5.74, 6) is 0.591. The summed E-state index contributed by atoms with van der Waals surface area (Å²) >= 11 is 0. The number of hydrogen-bond acceptors (Lipinski definition) is 5. The molecule has 148 valence electrons. The Morgan fingerprint density at radius 2 is 2.00 bits per heavy atom. The van der Waals surface area contributed by atoms with Crippen LogP contribution in [0, 0.1) is 5.92 Å². The predicted octanol–water partition coefficient (Wildman–Crippen LogP) is 1.36. The number of nitrogens with one attached hydrogen (secondary N) is 1. The number of likely N-dealkylation sites (tertiary alicyclic amines) is 1. The van der Waals surface area contributed by atoms with Crippen molar-refractivity contribution in [3.8, 4) is 5.75 Å². The Bertz CT molecular complexity index is 645. The van der Waals surface area contributed by atoms with Gasteiger partial charge in [0.2, 0.25) is 11.8 Å². The lowest BCUT2D eigenvalue weighted by molar-refractivity contribution is -0.135. The largest absolute Gasteiger partial charge is 0.494 e. The number of ketones is 1. The predicted molar refractivity (Wildman–Crippen MR) is 103 cm³/mol. The highest BCUT2D eigenvalue weighted by Gasteiger charge is 2.27. The maximum absolute atomic E-state index is 12.4. The summed E-state index contributed by atoms with van der Waals surface area (Å²) in [5, 5.41) is 2.80. The summed E-state index contributed by atoms with van der Waals surface area (Å²) in [7, 11) is 0. The van der Waals surface area contributed by atoms with Gasteiger partial charge >= 0.3 is 0 Å². The van der Waals surface area contributed by atoms with Crippen LogP contribution in [0.15, 0.2) is 24.3 Å². The fraction of sp³-hybridized carbons (Fsp3) is 0.550. The average Bonchev–Trinajstić information content (AvgIpc) is 2.69. The number of benzene rings is 1. The van der Waals surface area contributed by atoms with Gasteiger partial charge in [-0.2, -0.15) is 0 Å². The highest BCUT2D eigenvalue weighted by Crippen LogP contribution is 2.18. The molecule has 7 nitrogen and oxygen atoms in total. The molecule has 1 atom stereocenters. The van der Waals surface area contributed by atoms with Crippen molar-refractivity contribution in [2.45, 2.75) is 32.6 Å². The lowest BCUT2D eigenvalue weighted by Gasteiger charge is -2.32. The molecule has 1 saturated heterocycles. The van der Waals surface area contributed by atoms with E-state index in [-0.39, 0.29) is 23.5 Å². The Kier molecular flexibility index (Phi) is 8.26. The molecule has 1 aromatic rings. The quantitative estimate of drug-likeness (QED) is 0.501. The number of rotatable bonds is 9. The number of hydrogen-bond donors (Lipinski definition) is 2. The zero-order valence-corrected chi connectivity index (χ0v) is 15.9. The minimum atomic E-state index is -0.148. The van der Waals surface area contributed by atoms with E-state index in [4.69, 9.17) is 10.5 Å². The van der Waals surface area contributed by atoms with Gasteiger partial charge in [0.05, 0.1) is 12.5 Å². The Labute approximate surface area is 160 Å². The molecule has 2 amide bonds. The molecule has 0 radical (unpaired) electrons. The maximum atomic E-state index is 12.4. The summed E-state index contributed by atoms with van der Waals surface area (Å²) in [6.07, 6.45) is 2.64. The van der Waals surface area contributed by atoms with Crippen LogP contribution < -0.4 is 15.8 Å². The molecule has 1 fully saturated rings. The second-order valence-electron chi connectivity index (χ2n) is 6.79. The van der Waals surface area contributed by atoms with Gasteiger partial charge in [-0.1, -0.05) is 0 Å². The molecule has 0 aromatic heterocycles. The smallest absolute Gasteiger partial charge is 0.224 e. The van der Waals surface area contributed by atoms with E-state index in [1.807, 2.05) is 0 Å². The monoisotopic (exact) mass is 375 g/mol. The lowest BCUT2D eigenvalue weighted by atomic mass is 9.96. The summed E-state index contributed by atoms with van der Waals surface area (Å²) < 4.78 is 5.62. The van der Waals surface area contributed by atoms with E-state index < -0.39 is 0 Å². The first-order valence-corrected chi connectivity index (χ1v) is 9.50. The Hall–Kier alpha value is -2.41. The van der Waals surface area contributed by atoms with Gasteiger partial charge in [-0.05, 0) is 50.5 Å². The van der Waals surface area contributed by atoms with Crippen LogP contribution >= 0.6 is 0 Å². The van der Waals surface area contributed by atoms with Gasteiger partial charge in [-0.25, -0.2) is 0 Å². The molecule has 1 heterocycles. The van der Waals surface area contributed by atoms with Crippen LogP contribution in [0.1, 0.15) is 43.0 Å². The molecular weight excluding hydrogens is 346 g/mol. The molecule has 1 aliphatic heterocycles. The number of ether oxygens (including phenoxy) is 1. The van der Waals surface area contributed by atoms with E-state index in [0.29, 0.717) is 56.9 Å². The van der Waals surface area contributed by atoms with Crippen LogP contribution in [0.2, 0.25) is 0 Å². The number of carbonyl (C=O) groups is 3. The normalized spacial score (nSPS) is 16.7. The van der Waals surface area contributed by atoms with Crippen LogP contribution in [0.3, 0.4) is 0 Å². The van der Waals surface area contributed by atoms with Crippen LogP contribution in [0.5, 0.6) is 5.75 Å². The zero-order valence-electron chi connectivity index (χ0n) is 15.9. The number of carbonyl (C=O) groups excluding carboxylic acids is 3. The lowest BCUT2D eigenvalue weighted by Crippen LogP contribution is -2.46. The Morgan fingerprint density at radius 3 is 2.67 bits per heavy atom. The van der Waals surface area contributed by atoms with Crippen molar-refractivity contribution in [3.05, 3.63) is 29.8 Å². The Balaban J connectivity index is 1.70. The second-order valence-corrected chi connectivity index (χ2v) is 6.79. The molecule has 7 heteroatoms. The first-order valence-electron chi connectivity index (χ1n) is 9.50. The molecule has 27 heavy (non-hydrogen) atoms. The summed E-state index contributed by atoms with van der Waals surface area (Å²) in [5.41, 5.74) is 6.05. The maximum Gasteiger partial charge on any atom is 0.224 e. The van der Waals surface area contributed by atoms with Crippen LogP contribution in [-0.4, -0.2) is 55.3 Å². The van der Waals surface area contributed by atoms with Gasteiger partial charge in [0.15, 0.2) is 5.78 Å². The first-order chi connectivity index (χ1) is 13.0. The van der Waals surface area contributed by atoms with E-state index in [2.05, 4.69) is 5.32 Å². The number of nitrogens with two attached hydrogens (primary N) is 1. The molecule has 0 aliphatic carbocycles. The molecule has 3 N–H and O–H groups in total. The summed E-state index contributed by atoms with van der Waals surface area (Å²) in [6.45, 7) is 4.01. The van der Waals surface area contributed by atoms with E-state index >= 15 is 0 Å². The van der Waals surface area contributed by atoms with Gasteiger partial charge in [-0.15, -0.1) is 0 Å². The molecule has 0 bridgehead atoms. The van der Waals surface area contributed by atoms with Crippen molar-refractivity contribution < 1.29 is 19.1 Å². The number of amides is 2. The number of piperidine rings is 1. The van der Waals surface area contributed by atoms with Crippen molar-refractivity contribution in [1.29, 1.82) is 0 Å². The molecule has 1 aliphatic rings. The van der Waals surface area contributed by atoms with Crippen molar-refractivity contribution in [3.63, 3.8) is 0 Å². The molecule has 0 spiro atoms. The fourth-order valence-corrected chi connectivity index (χ4v) is 3.11. The van der Waals surface area contributed by atoms with Crippen LogP contribution in [0.4, 0.5) is 0 Å². The first kappa shape index (κ1) is 20.9. The molecule has 1 aromatic carbocycles. The summed E-state index contributed by atoms with van der Waals surface area (Å²) in [4.78, 5) is 37.5. The van der Waals surface area contributed by atoms with Crippen molar-refractivity contribution in [1.82, 2.24) is 10.2 Å². The van der Waals surface area contributed by atoms with E-state index in [1.165, 1.54) is 6.92 Å². The zero-order chi connectivity index (χ0) is 19.6. The molecular formula is C20H29N3O4. The summed E-state index contributed by atoms with van der Waals surface area (Å²) in [6, 6.07) is 6.97. The van der Waals surface area contributed by atoms with Crippen molar-refractivity contribution in [2.75, 3.05) is 32.8 Å². The van der Waals surface area contributed by atoms with Gasteiger partial charge in [0.1, 0.15) is 5.75 Å². The molecule has 0 saturated carbocycles. The average molecular weight is 375 g/mol. The standard InChI is InChI=1S/C20H29N3O4/c1-15(24)16-6-8-18(9-7-16)27-13-3-5-19(25)23-12-2-4-17(14-23)20(26)22-11-10-21/h6-9,17H,2-5,10-14,21H2,1H3,(H,22,26). The van der Waals surface area contributed by atoms with Crippen molar-refractivity contribution >= 4 is 17.6 Å². The van der Waals surface area contributed by atoms with E-state index in [1.54, 1.807) is 29.2 Å². The third-order valence-electron chi connectivity index (χ3n) is 4.65. The van der Waals surface area contributed by atoms with Crippen LogP contribution in [0.25, 0.3) is 0 Å². The Morgan fingerprint density at radius 1 is 1.26 bits per heavy atom. The molecule has 1 unspecified atom stereocenters. The number of Topliss-reactive ketones (excluding diaryl/α,β-unsaturated/α-hetero) is 1. The van der Waals surface area contributed by atoms with Gasteiger partial charge in [0, 0.05) is 38.2 Å². The minimum absolute atomic E-state index is 0.0173. The second kappa shape index (κ2) is 10.7. The molecule has 2 rings (SSSR count). The number of nitrogens with zero attached hydrogens (tertiary/aromatic N) is 1. The fourth-order valence-electron chi connectivity index (χ4n) is 3.11. The topological polar surface area (TPSA) is 102 Å². The van der Waals surface area contributed by atoms with Gasteiger partial charge in [0.25, 0.3) is 0 Å². The van der Waals surface area contributed by atoms with Gasteiger partial charge in [-0.3, -0.25) is 14.4 Å². The van der Waals surface area contributed by atoms with Crippen LogP contribution in [-0.2, 0) is 9.59 Å². The highest BCUT2D eigenvalue weighted by molar-refractivity contribution is 5.94. The third kappa shape index (κ3) is 6.67. The third-order valence-corrected chi connectivity index (χ3v) is 4.65. The van der Waals surface area contributed by atoms with E-state index in [9.17, 15) is 14.4 Å². The minimum Gasteiger partial charge on any atom is -0.494 e.